The zero-order valence-electron chi connectivity index (χ0n) is 19.8. The normalized spacial score (nSPS) is 23.4. The van der Waals surface area contributed by atoms with Gasteiger partial charge >= 0.3 is 0 Å². The van der Waals surface area contributed by atoms with Crippen molar-refractivity contribution in [1.29, 1.82) is 0 Å². The van der Waals surface area contributed by atoms with Gasteiger partial charge in [0.15, 0.2) is 0 Å². The smallest absolute Gasteiger partial charge is 0.298 e. The van der Waals surface area contributed by atoms with E-state index < -0.39 is 10.0 Å². The number of aromatic nitrogens is 2. The lowest BCUT2D eigenvalue weighted by Crippen LogP contribution is -2.45. The van der Waals surface area contributed by atoms with E-state index in [0.717, 1.165) is 18.4 Å². The van der Waals surface area contributed by atoms with Crippen LogP contribution in [0.25, 0.3) is 0 Å². The molecule has 3 aromatic rings. The number of rotatable bonds is 6. The third kappa shape index (κ3) is 4.56. The summed E-state index contributed by atoms with van der Waals surface area (Å²) in [6, 6.07) is 16.2. The molecule has 11 heteroatoms. The molecule has 3 aliphatic rings. The summed E-state index contributed by atoms with van der Waals surface area (Å²) in [5, 5.41) is 3.34. The summed E-state index contributed by atoms with van der Waals surface area (Å²) in [6.45, 7) is 0.793. The summed E-state index contributed by atoms with van der Waals surface area (Å²) < 4.78 is 46.8. The molecule has 2 unspecified atom stereocenters. The average Bonchev–Trinajstić information content (AvgIpc) is 3.52. The Hall–Kier alpha value is -3.83. The van der Waals surface area contributed by atoms with E-state index in [0.29, 0.717) is 35.6 Å². The lowest BCUT2D eigenvalue weighted by molar-refractivity contribution is 0.326. The Morgan fingerprint density at radius 3 is 2.68 bits per heavy atom. The van der Waals surface area contributed by atoms with E-state index in [1.54, 1.807) is 61.1 Å². The predicted octanol–water partition coefficient (Wildman–Crippen LogP) is 3.84. The number of hydrogen-bond acceptors (Lipinski definition) is 8. The van der Waals surface area contributed by atoms with Crippen LogP contribution in [0.2, 0.25) is 0 Å². The average molecular weight is 521 g/mol. The maximum Gasteiger partial charge on any atom is 0.298 e. The first-order chi connectivity index (χ1) is 18.0. The second-order valence-corrected chi connectivity index (χ2v) is 11.1. The van der Waals surface area contributed by atoms with Crippen molar-refractivity contribution in [3.05, 3.63) is 96.4 Å². The number of hydrogen-bond donors (Lipinski definition) is 1. The highest BCUT2D eigenvalue weighted by molar-refractivity contribution is 7.89. The summed E-state index contributed by atoms with van der Waals surface area (Å²) in [5.74, 6) is 0.101. The van der Waals surface area contributed by atoms with Crippen LogP contribution >= 0.6 is 0 Å². The van der Waals surface area contributed by atoms with Gasteiger partial charge in [0.2, 0.25) is 16.0 Å². The lowest BCUT2D eigenvalue weighted by Gasteiger charge is -2.32. The van der Waals surface area contributed by atoms with Gasteiger partial charge in [0.1, 0.15) is 24.2 Å². The van der Waals surface area contributed by atoms with Crippen molar-refractivity contribution in [2.45, 2.75) is 35.9 Å². The molecule has 0 radical (unpaired) electrons. The number of anilines is 1. The lowest BCUT2D eigenvalue weighted by atomic mass is 9.97. The van der Waals surface area contributed by atoms with Crippen LogP contribution in [0, 0.1) is 5.82 Å². The van der Waals surface area contributed by atoms with Gasteiger partial charge in [-0.15, -0.1) is 0 Å². The maximum atomic E-state index is 13.5. The second kappa shape index (κ2) is 9.56. The molecule has 190 valence electrons. The third-order valence-corrected chi connectivity index (χ3v) is 8.63. The summed E-state index contributed by atoms with van der Waals surface area (Å²) in [7, 11) is -3.58. The standard InChI is InChI=1S/C26H25FN6O3S/c27-19-10-8-18(9-11-19)23-24(33-15-16-36-26(33)31-23)22-12-13-28-25(30-22)29-20-5-4-14-32(17-20)37(34,35)21-6-2-1-3-7-21/h1-3,6-13,15-16,20,23-24H,4-5,14,17H2,(H,28,29,30)/t20-,23?,24?/m1/s1. The third-order valence-electron chi connectivity index (χ3n) is 6.75. The van der Waals surface area contributed by atoms with Crippen molar-refractivity contribution in [2.75, 3.05) is 18.4 Å². The van der Waals surface area contributed by atoms with Crippen molar-refractivity contribution in [2.24, 2.45) is 4.99 Å². The Labute approximate surface area is 214 Å². The van der Waals surface area contributed by atoms with Crippen LogP contribution < -0.4 is 5.32 Å². The predicted molar refractivity (Wildman–Crippen MR) is 135 cm³/mol. The van der Waals surface area contributed by atoms with Crippen molar-refractivity contribution < 1.29 is 17.5 Å². The highest BCUT2D eigenvalue weighted by Crippen LogP contribution is 2.43. The van der Waals surface area contributed by atoms with Crippen LogP contribution in [0.4, 0.5) is 10.3 Å². The molecule has 2 aromatic carbocycles. The SMILES string of the molecule is O=S(=O)(c1ccccc1)N1CCC[C@@H](Nc2nccc(C3C(c4ccc(F)cc4)N=C4OC=CN43)n2)C1. The minimum atomic E-state index is -3.58. The first-order valence-electron chi connectivity index (χ1n) is 12.1. The van der Waals surface area contributed by atoms with Crippen LogP contribution in [0.1, 0.15) is 36.2 Å². The number of aliphatic imine (C=N–C) groups is 1. The number of sulfonamides is 1. The van der Waals surface area contributed by atoms with Gasteiger partial charge in [0.05, 0.1) is 10.6 Å². The largest absolute Gasteiger partial charge is 0.432 e. The molecule has 9 nitrogen and oxygen atoms in total. The Morgan fingerprint density at radius 1 is 1.05 bits per heavy atom. The monoisotopic (exact) mass is 520 g/mol. The van der Waals surface area contributed by atoms with E-state index in [2.05, 4.69) is 10.3 Å². The number of benzene rings is 2. The number of nitrogens with zero attached hydrogens (tertiary/aromatic N) is 5. The molecule has 3 atom stereocenters. The zero-order chi connectivity index (χ0) is 25.4. The second-order valence-electron chi connectivity index (χ2n) is 9.13. The Kier molecular flexibility index (Phi) is 6.09. The van der Waals surface area contributed by atoms with E-state index in [1.165, 1.54) is 16.4 Å². The minimum absolute atomic E-state index is 0.138. The number of ether oxygens (including phenoxy) is 1. The van der Waals surface area contributed by atoms with E-state index >= 15 is 0 Å². The minimum Gasteiger partial charge on any atom is -0.432 e. The van der Waals surface area contributed by atoms with Crippen LogP contribution in [0.15, 0.2) is 89.2 Å². The molecule has 0 amide bonds. The summed E-state index contributed by atoms with van der Waals surface area (Å²) in [6.07, 6.45) is 6.57. The molecule has 1 saturated heterocycles. The first kappa shape index (κ1) is 23.6. The molecular weight excluding hydrogens is 495 g/mol. The fraction of sp³-hybridized carbons (Fsp3) is 0.269. The quantitative estimate of drug-likeness (QED) is 0.527. The topological polar surface area (TPSA) is 100 Å². The first-order valence-corrected chi connectivity index (χ1v) is 13.5. The van der Waals surface area contributed by atoms with Crippen molar-refractivity contribution in [3.8, 4) is 0 Å². The number of fused-ring (bicyclic) bond motifs is 1. The van der Waals surface area contributed by atoms with Gasteiger partial charge in [-0.25, -0.2) is 27.8 Å². The Morgan fingerprint density at radius 2 is 1.86 bits per heavy atom. The highest BCUT2D eigenvalue weighted by atomic mass is 32.2. The summed E-state index contributed by atoms with van der Waals surface area (Å²) in [5.41, 5.74) is 1.55. The number of halogens is 1. The van der Waals surface area contributed by atoms with Gasteiger partial charge in [-0.3, -0.25) is 4.90 Å². The van der Waals surface area contributed by atoms with Crippen molar-refractivity contribution >= 4 is 22.0 Å². The van der Waals surface area contributed by atoms with Gasteiger partial charge in [-0.1, -0.05) is 30.3 Å². The Balaban J connectivity index is 1.22. The highest BCUT2D eigenvalue weighted by Gasteiger charge is 2.41. The maximum absolute atomic E-state index is 13.5. The molecule has 1 aromatic heterocycles. The van der Waals surface area contributed by atoms with E-state index in [9.17, 15) is 12.8 Å². The van der Waals surface area contributed by atoms with Crippen LogP contribution in [-0.2, 0) is 14.8 Å². The van der Waals surface area contributed by atoms with Gasteiger partial charge in [-0.2, -0.15) is 4.31 Å². The molecule has 0 bridgehead atoms. The molecule has 1 N–H and O–H groups in total. The molecule has 1 fully saturated rings. The van der Waals surface area contributed by atoms with E-state index in [4.69, 9.17) is 14.7 Å². The fourth-order valence-corrected chi connectivity index (χ4v) is 6.51. The summed E-state index contributed by atoms with van der Waals surface area (Å²) in [4.78, 5) is 16.1. The van der Waals surface area contributed by atoms with Gasteiger partial charge in [0, 0.05) is 31.5 Å². The molecule has 4 heterocycles. The van der Waals surface area contributed by atoms with Crippen LogP contribution in [0.5, 0.6) is 0 Å². The number of nitrogens with one attached hydrogen (secondary N) is 1. The Bertz CT molecular complexity index is 1450. The molecule has 0 saturated carbocycles. The van der Waals surface area contributed by atoms with Crippen molar-refractivity contribution in [1.82, 2.24) is 19.2 Å². The molecule has 0 aliphatic carbocycles. The molecule has 6 rings (SSSR count). The van der Waals surface area contributed by atoms with Gasteiger partial charge in [-0.05, 0) is 48.7 Å². The van der Waals surface area contributed by atoms with E-state index in [1.807, 2.05) is 11.0 Å². The van der Waals surface area contributed by atoms with Gasteiger partial charge < -0.3 is 10.1 Å². The zero-order valence-corrected chi connectivity index (χ0v) is 20.6. The van der Waals surface area contributed by atoms with Crippen LogP contribution in [0.3, 0.4) is 0 Å². The van der Waals surface area contributed by atoms with Crippen LogP contribution in [-0.4, -0.2) is 52.7 Å². The molecule has 0 spiro atoms. The van der Waals surface area contributed by atoms with Crippen molar-refractivity contribution in [3.63, 3.8) is 0 Å². The fourth-order valence-electron chi connectivity index (χ4n) is 4.96. The van der Waals surface area contributed by atoms with E-state index in [-0.39, 0.29) is 23.9 Å². The number of amidine groups is 1. The van der Waals surface area contributed by atoms with Gasteiger partial charge in [0.25, 0.3) is 6.02 Å². The molecule has 37 heavy (non-hydrogen) atoms. The summed E-state index contributed by atoms with van der Waals surface area (Å²) >= 11 is 0. The molecular formula is C26H25FN6O3S. The molecule has 3 aliphatic heterocycles. The number of piperidine rings is 1.